The molecule has 9 heteroatoms. The molecule has 0 aliphatic heterocycles. The van der Waals surface area contributed by atoms with Crippen molar-refractivity contribution in [2.45, 2.75) is 31.1 Å². The first kappa shape index (κ1) is 23.5. The lowest BCUT2D eigenvalue weighted by atomic mass is 10.1. The number of benzene rings is 2. The lowest BCUT2D eigenvalue weighted by Gasteiger charge is -2.15. The van der Waals surface area contributed by atoms with E-state index in [2.05, 4.69) is 10.0 Å². The Morgan fingerprint density at radius 1 is 1.03 bits per heavy atom. The molecule has 0 heterocycles. The Balaban J connectivity index is 2.19. The molecule has 0 aliphatic carbocycles. The van der Waals surface area contributed by atoms with E-state index in [4.69, 9.17) is 9.47 Å². The lowest BCUT2D eigenvalue weighted by Crippen LogP contribution is -2.26. The minimum Gasteiger partial charge on any atom is -0.493 e. The van der Waals surface area contributed by atoms with Crippen LogP contribution in [-0.2, 0) is 16.4 Å². The Labute approximate surface area is 177 Å². The van der Waals surface area contributed by atoms with Crippen molar-refractivity contribution in [2.75, 3.05) is 32.6 Å². The van der Waals surface area contributed by atoms with E-state index in [0.29, 0.717) is 43.1 Å². The molecule has 8 nitrogen and oxygen atoms in total. The number of rotatable bonds is 12. The standard InChI is InChI=1S/C21H28N2O6S/c1-4-5-11-23-30(26,27)20-14-16(21(24)25)7-8-17(20)22-12-10-15-6-9-18(28-2)19(13-15)29-3/h6-9,13-14,22-23H,4-5,10-12H2,1-3H3,(H,24,25). The molecule has 3 N–H and O–H groups in total. The van der Waals surface area contributed by atoms with Crippen LogP contribution in [0, 0.1) is 0 Å². The summed E-state index contributed by atoms with van der Waals surface area (Å²) in [6.07, 6.45) is 2.14. The molecule has 0 fully saturated rings. The van der Waals surface area contributed by atoms with Gasteiger partial charge in [-0.05, 0) is 48.7 Å². The molecule has 2 rings (SSSR count). The van der Waals surface area contributed by atoms with Gasteiger partial charge in [-0.1, -0.05) is 19.4 Å². The van der Waals surface area contributed by atoms with Crippen LogP contribution in [0.3, 0.4) is 0 Å². The predicted octanol–water partition coefficient (Wildman–Crippen LogP) is 3.14. The normalized spacial score (nSPS) is 11.2. The van der Waals surface area contributed by atoms with Crippen LogP contribution in [0.1, 0.15) is 35.7 Å². The molecule has 0 aliphatic rings. The summed E-state index contributed by atoms with van der Waals surface area (Å²) in [4.78, 5) is 11.2. The van der Waals surface area contributed by atoms with Gasteiger partial charge in [-0.25, -0.2) is 17.9 Å². The summed E-state index contributed by atoms with van der Waals surface area (Å²) in [5, 5.41) is 12.3. The predicted molar refractivity (Wildman–Crippen MR) is 115 cm³/mol. The molecule has 2 aromatic carbocycles. The van der Waals surface area contributed by atoms with Gasteiger partial charge in [0.25, 0.3) is 0 Å². The van der Waals surface area contributed by atoms with Crippen LogP contribution in [0.2, 0.25) is 0 Å². The number of methoxy groups -OCH3 is 2. The molecule has 164 valence electrons. The molecule has 2 aromatic rings. The fourth-order valence-corrected chi connectivity index (χ4v) is 4.14. The van der Waals surface area contributed by atoms with Gasteiger partial charge in [0.1, 0.15) is 4.90 Å². The monoisotopic (exact) mass is 436 g/mol. The van der Waals surface area contributed by atoms with Crippen LogP contribution < -0.4 is 19.5 Å². The SMILES string of the molecule is CCCCNS(=O)(=O)c1cc(C(=O)O)ccc1NCCc1ccc(OC)c(OC)c1. The van der Waals surface area contributed by atoms with E-state index in [0.717, 1.165) is 12.0 Å². The molecule has 0 radical (unpaired) electrons. The minimum atomic E-state index is -3.85. The van der Waals surface area contributed by atoms with Gasteiger partial charge in [0.2, 0.25) is 10.0 Å². The van der Waals surface area contributed by atoms with E-state index < -0.39 is 16.0 Å². The highest BCUT2D eigenvalue weighted by molar-refractivity contribution is 7.89. The number of ether oxygens (including phenoxy) is 2. The quantitative estimate of drug-likeness (QED) is 0.438. The van der Waals surface area contributed by atoms with Crippen LogP contribution in [0.4, 0.5) is 5.69 Å². The van der Waals surface area contributed by atoms with Crippen molar-refractivity contribution in [2.24, 2.45) is 0 Å². The topological polar surface area (TPSA) is 114 Å². The summed E-state index contributed by atoms with van der Waals surface area (Å²) in [7, 11) is -0.718. The third-order valence-corrected chi connectivity index (χ3v) is 6.02. The van der Waals surface area contributed by atoms with Gasteiger partial charge >= 0.3 is 5.97 Å². The molecule has 0 atom stereocenters. The minimum absolute atomic E-state index is 0.0779. The van der Waals surface area contributed by atoms with Crippen LogP contribution in [0.25, 0.3) is 0 Å². The van der Waals surface area contributed by atoms with Crippen molar-refractivity contribution in [3.63, 3.8) is 0 Å². The summed E-state index contributed by atoms with van der Waals surface area (Å²) in [6.45, 7) is 2.70. The summed E-state index contributed by atoms with van der Waals surface area (Å²) in [6, 6.07) is 9.61. The molecule has 0 aromatic heterocycles. The largest absolute Gasteiger partial charge is 0.493 e. The number of hydrogen-bond acceptors (Lipinski definition) is 6. The molecule has 0 saturated heterocycles. The zero-order valence-corrected chi connectivity index (χ0v) is 18.2. The van der Waals surface area contributed by atoms with Gasteiger partial charge in [-0.2, -0.15) is 0 Å². The Hall–Kier alpha value is -2.78. The maximum atomic E-state index is 12.7. The molecule has 30 heavy (non-hydrogen) atoms. The Morgan fingerprint density at radius 3 is 2.40 bits per heavy atom. The smallest absolute Gasteiger partial charge is 0.335 e. The number of carbonyl (C=O) groups is 1. The Bertz CT molecular complexity index is 975. The zero-order chi connectivity index (χ0) is 22.1. The number of anilines is 1. The fourth-order valence-electron chi connectivity index (χ4n) is 2.86. The van der Waals surface area contributed by atoms with Crippen molar-refractivity contribution in [1.29, 1.82) is 0 Å². The molecular weight excluding hydrogens is 408 g/mol. The average molecular weight is 437 g/mol. The van der Waals surface area contributed by atoms with Gasteiger partial charge in [0.05, 0.1) is 25.5 Å². The first-order valence-electron chi connectivity index (χ1n) is 9.64. The second kappa shape index (κ2) is 10.8. The van der Waals surface area contributed by atoms with Gasteiger partial charge in [-0.3, -0.25) is 0 Å². The third-order valence-electron chi connectivity index (χ3n) is 4.52. The molecule has 0 saturated carbocycles. The van der Waals surface area contributed by atoms with Crippen LogP contribution in [-0.4, -0.2) is 46.8 Å². The highest BCUT2D eigenvalue weighted by atomic mass is 32.2. The zero-order valence-electron chi connectivity index (χ0n) is 17.4. The van der Waals surface area contributed by atoms with E-state index in [1.165, 1.54) is 18.2 Å². The number of carboxylic acid groups (broad SMARTS) is 1. The lowest BCUT2D eigenvalue weighted by molar-refractivity contribution is 0.0696. The highest BCUT2D eigenvalue weighted by Gasteiger charge is 2.20. The molecule has 0 amide bonds. The van der Waals surface area contributed by atoms with E-state index >= 15 is 0 Å². The van der Waals surface area contributed by atoms with E-state index in [1.54, 1.807) is 14.2 Å². The van der Waals surface area contributed by atoms with E-state index in [9.17, 15) is 18.3 Å². The fraction of sp³-hybridized carbons (Fsp3) is 0.381. The Morgan fingerprint density at radius 2 is 1.77 bits per heavy atom. The van der Waals surface area contributed by atoms with Gasteiger partial charge < -0.3 is 19.9 Å². The number of sulfonamides is 1. The third kappa shape index (κ3) is 6.11. The van der Waals surface area contributed by atoms with Crippen LogP contribution in [0.5, 0.6) is 11.5 Å². The highest BCUT2D eigenvalue weighted by Crippen LogP contribution is 2.28. The summed E-state index contributed by atoms with van der Waals surface area (Å²) >= 11 is 0. The first-order chi connectivity index (χ1) is 14.3. The Kier molecular flexibility index (Phi) is 8.49. The van der Waals surface area contributed by atoms with Gasteiger partial charge in [0, 0.05) is 13.1 Å². The van der Waals surface area contributed by atoms with Gasteiger partial charge in [-0.15, -0.1) is 0 Å². The van der Waals surface area contributed by atoms with Crippen molar-refractivity contribution < 1.29 is 27.8 Å². The number of aromatic carboxylic acids is 1. The summed E-state index contributed by atoms with van der Waals surface area (Å²) < 4.78 is 38.5. The maximum Gasteiger partial charge on any atom is 0.335 e. The van der Waals surface area contributed by atoms with E-state index in [-0.39, 0.29) is 10.5 Å². The van der Waals surface area contributed by atoms with E-state index in [1.807, 2.05) is 25.1 Å². The van der Waals surface area contributed by atoms with Crippen molar-refractivity contribution in [3.05, 3.63) is 47.5 Å². The summed E-state index contributed by atoms with van der Waals surface area (Å²) in [5.74, 6) is 0.0612. The number of hydrogen-bond donors (Lipinski definition) is 3. The second-order valence-corrected chi connectivity index (χ2v) is 8.37. The van der Waals surface area contributed by atoms with Crippen molar-refractivity contribution in [3.8, 4) is 11.5 Å². The second-order valence-electron chi connectivity index (χ2n) is 6.63. The first-order valence-corrected chi connectivity index (χ1v) is 11.1. The maximum absolute atomic E-state index is 12.7. The summed E-state index contributed by atoms with van der Waals surface area (Å²) in [5.41, 5.74) is 1.24. The molecule has 0 bridgehead atoms. The number of nitrogens with one attached hydrogen (secondary N) is 2. The van der Waals surface area contributed by atoms with Crippen LogP contribution in [0.15, 0.2) is 41.3 Å². The van der Waals surface area contributed by atoms with Crippen molar-refractivity contribution in [1.82, 2.24) is 4.72 Å². The number of carboxylic acids is 1. The average Bonchev–Trinajstić information content (AvgIpc) is 2.73. The molecule has 0 unspecified atom stereocenters. The number of unbranched alkanes of at least 4 members (excludes halogenated alkanes) is 1. The van der Waals surface area contributed by atoms with Crippen LogP contribution >= 0.6 is 0 Å². The van der Waals surface area contributed by atoms with Crippen molar-refractivity contribution >= 4 is 21.7 Å². The van der Waals surface area contributed by atoms with Gasteiger partial charge in [0.15, 0.2) is 11.5 Å². The molecular formula is C21H28N2O6S. The molecule has 0 spiro atoms.